The molecule has 2 N–H and O–H groups in total. The maximum atomic E-state index is 12.0. The zero-order valence-electron chi connectivity index (χ0n) is 10.1. The minimum atomic E-state index is -3.33. The van der Waals surface area contributed by atoms with E-state index in [4.69, 9.17) is 0 Å². The number of hydrogen-bond donors (Lipinski definition) is 2. The number of anilines is 1. The molecule has 0 radical (unpaired) electrons. The predicted octanol–water partition coefficient (Wildman–Crippen LogP) is 1.95. The highest BCUT2D eigenvalue weighted by Gasteiger charge is 2.20. The molecule has 6 heteroatoms. The maximum Gasteiger partial charge on any atom is 0.236 e. The molecule has 0 aliphatic rings. The maximum absolute atomic E-state index is 12.0. The molecule has 0 aromatic heterocycles. The van der Waals surface area contributed by atoms with Crippen molar-refractivity contribution >= 4 is 38.3 Å². The lowest BCUT2D eigenvalue weighted by Gasteiger charge is -2.16. The van der Waals surface area contributed by atoms with Gasteiger partial charge in [0.15, 0.2) is 0 Å². The summed E-state index contributed by atoms with van der Waals surface area (Å²) < 4.78 is 27.6. The molecular formula is C11H17IN2O2S. The molecule has 1 rings (SSSR count). The Morgan fingerprint density at radius 2 is 2.06 bits per heavy atom. The molecule has 0 fully saturated rings. The molecule has 96 valence electrons. The van der Waals surface area contributed by atoms with Gasteiger partial charge in [0.2, 0.25) is 10.0 Å². The summed E-state index contributed by atoms with van der Waals surface area (Å²) in [5.41, 5.74) is 1.57. The van der Waals surface area contributed by atoms with E-state index in [1.807, 2.05) is 25.1 Å². The van der Waals surface area contributed by atoms with Crippen molar-refractivity contribution in [3.63, 3.8) is 0 Å². The van der Waals surface area contributed by atoms with Crippen molar-refractivity contribution in [1.29, 1.82) is 0 Å². The van der Waals surface area contributed by atoms with Crippen LogP contribution in [0.25, 0.3) is 0 Å². The predicted molar refractivity (Wildman–Crippen MR) is 79.8 cm³/mol. The van der Waals surface area contributed by atoms with Crippen LogP contribution in [-0.4, -0.2) is 27.3 Å². The van der Waals surface area contributed by atoms with Crippen molar-refractivity contribution in [3.05, 3.63) is 27.3 Å². The Labute approximate surface area is 116 Å². The molecule has 0 amide bonds. The van der Waals surface area contributed by atoms with Crippen molar-refractivity contribution in [2.75, 3.05) is 18.3 Å². The van der Waals surface area contributed by atoms with Crippen LogP contribution in [0, 0.1) is 10.5 Å². The van der Waals surface area contributed by atoms with E-state index >= 15 is 0 Å². The second kappa shape index (κ2) is 6.01. The number of halogens is 1. The molecule has 0 saturated carbocycles. The Bertz CT molecular complexity index is 488. The zero-order valence-corrected chi connectivity index (χ0v) is 13.1. The van der Waals surface area contributed by atoms with E-state index in [1.54, 1.807) is 14.0 Å². The van der Waals surface area contributed by atoms with Gasteiger partial charge in [-0.3, -0.25) is 4.72 Å². The van der Waals surface area contributed by atoms with E-state index in [2.05, 4.69) is 32.6 Å². The van der Waals surface area contributed by atoms with Gasteiger partial charge in [-0.1, -0.05) is 6.07 Å². The number of aryl methyl sites for hydroxylation is 1. The van der Waals surface area contributed by atoms with Gasteiger partial charge in [-0.25, -0.2) is 8.42 Å². The van der Waals surface area contributed by atoms with Gasteiger partial charge >= 0.3 is 0 Å². The quantitative estimate of drug-likeness (QED) is 0.782. The third kappa shape index (κ3) is 4.11. The lowest BCUT2D eigenvalue weighted by Crippen LogP contribution is -2.33. The van der Waals surface area contributed by atoms with Crippen LogP contribution in [0.5, 0.6) is 0 Å². The van der Waals surface area contributed by atoms with Crippen LogP contribution < -0.4 is 10.0 Å². The van der Waals surface area contributed by atoms with Gasteiger partial charge in [0.05, 0.1) is 10.9 Å². The van der Waals surface area contributed by atoms with Gasteiger partial charge in [-0.15, -0.1) is 0 Å². The van der Waals surface area contributed by atoms with E-state index in [-0.39, 0.29) is 0 Å². The highest BCUT2D eigenvalue weighted by molar-refractivity contribution is 14.1. The van der Waals surface area contributed by atoms with Crippen molar-refractivity contribution in [3.8, 4) is 0 Å². The summed E-state index contributed by atoms with van der Waals surface area (Å²) in [4.78, 5) is 0. The van der Waals surface area contributed by atoms with Crippen LogP contribution in [0.1, 0.15) is 12.5 Å². The van der Waals surface area contributed by atoms with Crippen LogP contribution in [0.15, 0.2) is 18.2 Å². The summed E-state index contributed by atoms with van der Waals surface area (Å²) >= 11 is 2.16. The summed E-state index contributed by atoms with van der Waals surface area (Å²) in [6.45, 7) is 4.00. The fraction of sp³-hybridized carbons (Fsp3) is 0.455. The molecule has 0 bridgehead atoms. The monoisotopic (exact) mass is 368 g/mol. The van der Waals surface area contributed by atoms with Crippen molar-refractivity contribution in [2.45, 2.75) is 19.1 Å². The molecule has 1 atom stereocenters. The minimum Gasteiger partial charge on any atom is -0.318 e. The van der Waals surface area contributed by atoms with Crippen molar-refractivity contribution in [2.24, 2.45) is 0 Å². The average Bonchev–Trinajstić information content (AvgIpc) is 2.23. The van der Waals surface area contributed by atoms with Crippen LogP contribution >= 0.6 is 22.6 Å². The number of sulfonamides is 1. The van der Waals surface area contributed by atoms with Gasteiger partial charge in [0.1, 0.15) is 0 Å². The Balaban J connectivity index is 2.94. The molecule has 0 saturated heterocycles. The molecule has 4 nitrogen and oxygen atoms in total. The first-order chi connectivity index (χ1) is 7.86. The summed E-state index contributed by atoms with van der Waals surface area (Å²) in [7, 11) is -1.59. The number of benzene rings is 1. The Morgan fingerprint density at radius 3 is 2.65 bits per heavy atom. The second-order valence-corrected chi connectivity index (χ2v) is 7.32. The minimum absolute atomic E-state index is 0.429. The van der Waals surface area contributed by atoms with E-state index in [0.717, 1.165) is 9.13 Å². The molecule has 0 spiro atoms. The second-order valence-electron chi connectivity index (χ2n) is 3.97. The average molecular weight is 368 g/mol. The van der Waals surface area contributed by atoms with Crippen LogP contribution in [-0.2, 0) is 10.0 Å². The molecule has 0 aliphatic heterocycles. The van der Waals surface area contributed by atoms with Gasteiger partial charge in [0.25, 0.3) is 0 Å². The van der Waals surface area contributed by atoms with E-state index in [1.165, 1.54) is 0 Å². The molecule has 17 heavy (non-hydrogen) atoms. The summed E-state index contributed by atoms with van der Waals surface area (Å²) in [6, 6.07) is 5.69. The first kappa shape index (κ1) is 14.7. The molecule has 0 aliphatic carbocycles. The van der Waals surface area contributed by atoms with E-state index in [0.29, 0.717) is 12.2 Å². The third-order valence-electron chi connectivity index (χ3n) is 2.47. The van der Waals surface area contributed by atoms with Gasteiger partial charge in [-0.05, 0) is 61.2 Å². The van der Waals surface area contributed by atoms with Crippen LogP contribution in [0.4, 0.5) is 5.69 Å². The highest BCUT2D eigenvalue weighted by Crippen LogP contribution is 2.20. The number of rotatable bonds is 5. The van der Waals surface area contributed by atoms with Crippen molar-refractivity contribution < 1.29 is 8.42 Å². The lowest BCUT2D eigenvalue weighted by atomic mass is 10.2. The SMILES string of the molecule is CNCC(C)S(=O)(=O)Nc1cc(I)ccc1C. The largest absolute Gasteiger partial charge is 0.318 e. The third-order valence-corrected chi connectivity index (χ3v) is 4.87. The van der Waals surface area contributed by atoms with Crippen LogP contribution in [0.2, 0.25) is 0 Å². The smallest absolute Gasteiger partial charge is 0.236 e. The topological polar surface area (TPSA) is 58.2 Å². The van der Waals surface area contributed by atoms with Gasteiger partial charge in [0, 0.05) is 10.1 Å². The first-order valence-electron chi connectivity index (χ1n) is 5.29. The Morgan fingerprint density at radius 1 is 1.41 bits per heavy atom. The molecule has 0 heterocycles. The lowest BCUT2D eigenvalue weighted by molar-refractivity contribution is 0.583. The number of hydrogen-bond acceptors (Lipinski definition) is 3. The molecular weight excluding hydrogens is 351 g/mol. The molecule has 1 aromatic rings. The Hall–Kier alpha value is -0.340. The highest BCUT2D eigenvalue weighted by atomic mass is 127. The van der Waals surface area contributed by atoms with Gasteiger partial charge in [-0.2, -0.15) is 0 Å². The summed E-state index contributed by atoms with van der Waals surface area (Å²) in [6.07, 6.45) is 0. The summed E-state index contributed by atoms with van der Waals surface area (Å²) in [5.74, 6) is 0. The normalized spacial score (nSPS) is 13.4. The number of nitrogens with one attached hydrogen (secondary N) is 2. The standard InChI is InChI=1S/C11H17IN2O2S/c1-8-4-5-10(12)6-11(8)14-17(15,16)9(2)7-13-3/h4-6,9,13-14H,7H2,1-3H3. The first-order valence-corrected chi connectivity index (χ1v) is 7.91. The Kier molecular flexibility index (Phi) is 5.21. The van der Waals surface area contributed by atoms with E-state index < -0.39 is 15.3 Å². The fourth-order valence-corrected chi connectivity index (χ4v) is 2.96. The van der Waals surface area contributed by atoms with E-state index in [9.17, 15) is 8.42 Å². The molecule has 1 unspecified atom stereocenters. The fourth-order valence-electron chi connectivity index (χ4n) is 1.36. The van der Waals surface area contributed by atoms with Crippen LogP contribution in [0.3, 0.4) is 0 Å². The van der Waals surface area contributed by atoms with Crippen molar-refractivity contribution in [1.82, 2.24) is 5.32 Å². The summed E-state index contributed by atoms with van der Waals surface area (Å²) in [5, 5.41) is 2.40. The van der Waals surface area contributed by atoms with Gasteiger partial charge < -0.3 is 5.32 Å². The molecule has 1 aromatic carbocycles. The zero-order chi connectivity index (χ0) is 13.1.